The van der Waals surface area contributed by atoms with Gasteiger partial charge >= 0.3 is 6.30 Å². The predicted octanol–water partition coefficient (Wildman–Crippen LogP) is 5.13. The number of rotatable bonds is 7. The standard InChI is InChI=1S/C14H20F3N3OS.C2H6/c1-2-3-4-5-9-21-13-12(18-22-19-13)11-7-6-8-20(10-11)14(15,16)17;1-2/h7H,2-6,8-10H2,1H3;1-2H3. The van der Waals surface area contributed by atoms with Gasteiger partial charge in [-0.05, 0) is 18.4 Å². The van der Waals surface area contributed by atoms with E-state index in [-0.39, 0.29) is 13.1 Å². The van der Waals surface area contributed by atoms with Gasteiger partial charge in [-0.25, -0.2) is 4.90 Å². The van der Waals surface area contributed by atoms with Crippen LogP contribution < -0.4 is 4.74 Å². The van der Waals surface area contributed by atoms with Gasteiger partial charge in [0.1, 0.15) is 5.69 Å². The molecule has 0 atom stereocenters. The average molecular weight is 365 g/mol. The molecule has 0 fully saturated rings. The molecule has 1 aliphatic heterocycles. The molecule has 8 heteroatoms. The maximum absolute atomic E-state index is 12.8. The molecule has 24 heavy (non-hydrogen) atoms. The van der Waals surface area contributed by atoms with Crippen LogP contribution in [0.1, 0.15) is 58.6 Å². The molecular formula is C16H26F3N3OS. The van der Waals surface area contributed by atoms with E-state index in [1.165, 1.54) is 0 Å². The molecule has 1 aromatic heterocycles. The molecule has 0 aromatic carbocycles. The summed E-state index contributed by atoms with van der Waals surface area (Å²) < 4.78 is 52.2. The van der Waals surface area contributed by atoms with Crippen molar-refractivity contribution in [2.45, 2.75) is 59.2 Å². The summed E-state index contributed by atoms with van der Waals surface area (Å²) in [5, 5.41) is 0. The van der Waals surface area contributed by atoms with Gasteiger partial charge in [0.05, 0.1) is 18.3 Å². The zero-order valence-electron chi connectivity index (χ0n) is 14.5. The topological polar surface area (TPSA) is 38.3 Å². The van der Waals surface area contributed by atoms with Crippen LogP contribution in [-0.4, -0.2) is 39.6 Å². The minimum atomic E-state index is -4.32. The van der Waals surface area contributed by atoms with Gasteiger partial charge < -0.3 is 4.74 Å². The first-order chi connectivity index (χ1) is 11.5. The number of hydrogen-bond acceptors (Lipinski definition) is 5. The Morgan fingerprint density at radius 2 is 1.96 bits per heavy atom. The monoisotopic (exact) mass is 365 g/mol. The third-order valence-corrected chi connectivity index (χ3v) is 4.02. The third-order valence-electron chi connectivity index (χ3n) is 3.51. The van der Waals surface area contributed by atoms with Crippen molar-refractivity contribution in [1.29, 1.82) is 0 Å². The second kappa shape index (κ2) is 10.7. The predicted molar refractivity (Wildman–Crippen MR) is 91.1 cm³/mol. The summed E-state index contributed by atoms with van der Waals surface area (Å²) in [4.78, 5) is 0.493. The fourth-order valence-corrected chi connectivity index (χ4v) is 2.83. The lowest BCUT2D eigenvalue weighted by Gasteiger charge is -2.28. The Balaban J connectivity index is 0.00000139. The molecule has 2 rings (SSSR count). The molecule has 0 saturated carbocycles. The van der Waals surface area contributed by atoms with Gasteiger partial charge in [-0.3, -0.25) is 0 Å². The van der Waals surface area contributed by atoms with Crippen LogP contribution in [-0.2, 0) is 0 Å². The van der Waals surface area contributed by atoms with Crippen LogP contribution >= 0.6 is 11.7 Å². The number of alkyl halides is 3. The van der Waals surface area contributed by atoms with Crippen LogP contribution in [0.15, 0.2) is 6.08 Å². The van der Waals surface area contributed by atoms with Crippen molar-refractivity contribution >= 4 is 17.3 Å². The number of halogens is 3. The highest BCUT2D eigenvalue weighted by Gasteiger charge is 2.38. The molecule has 0 N–H and O–H groups in total. The average Bonchev–Trinajstić information content (AvgIpc) is 3.04. The molecule has 1 aromatic rings. The lowest BCUT2D eigenvalue weighted by atomic mass is 10.1. The van der Waals surface area contributed by atoms with E-state index in [2.05, 4.69) is 15.7 Å². The van der Waals surface area contributed by atoms with Crippen LogP contribution in [0.4, 0.5) is 13.2 Å². The molecular weight excluding hydrogens is 339 g/mol. The second-order valence-corrected chi connectivity index (χ2v) is 5.76. The van der Waals surface area contributed by atoms with Gasteiger partial charge in [-0.2, -0.15) is 17.5 Å². The quantitative estimate of drug-likeness (QED) is 0.496. The van der Waals surface area contributed by atoms with E-state index in [0.717, 1.165) is 37.4 Å². The first kappa shape index (κ1) is 20.9. The SMILES string of the molecule is CC.CCCCCCOc1nsnc1C1=CCCN(C(F)(F)F)C1. The van der Waals surface area contributed by atoms with E-state index < -0.39 is 6.30 Å². The highest BCUT2D eigenvalue weighted by molar-refractivity contribution is 6.99. The molecule has 0 aliphatic carbocycles. The molecule has 0 spiro atoms. The molecule has 0 saturated heterocycles. The number of nitrogens with zero attached hydrogens (tertiary/aromatic N) is 3. The van der Waals surface area contributed by atoms with E-state index >= 15 is 0 Å². The lowest BCUT2D eigenvalue weighted by molar-refractivity contribution is -0.241. The Kier molecular flexibility index (Phi) is 9.28. The summed E-state index contributed by atoms with van der Waals surface area (Å²) in [6.07, 6.45) is 2.11. The van der Waals surface area contributed by atoms with Crippen molar-refractivity contribution in [2.24, 2.45) is 0 Å². The number of aromatic nitrogens is 2. The smallest absolute Gasteiger partial charge is 0.460 e. The van der Waals surface area contributed by atoms with Crippen molar-refractivity contribution in [3.05, 3.63) is 11.8 Å². The number of hydrogen-bond donors (Lipinski definition) is 0. The maximum atomic E-state index is 12.8. The molecule has 138 valence electrons. The summed E-state index contributed by atoms with van der Waals surface area (Å²) in [5.74, 6) is 0.358. The van der Waals surface area contributed by atoms with E-state index in [0.29, 0.717) is 35.1 Å². The Bertz CT molecular complexity index is 503. The molecule has 0 amide bonds. The van der Waals surface area contributed by atoms with Crippen molar-refractivity contribution in [2.75, 3.05) is 19.7 Å². The summed E-state index contributed by atoms with van der Waals surface area (Å²) >= 11 is 0.971. The Hall–Kier alpha value is -1.15. The maximum Gasteiger partial charge on any atom is 0.460 e. The molecule has 2 heterocycles. The van der Waals surface area contributed by atoms with Gasteiger partial charge in [0.15, 0.2) is 0 Å². The normalized spacial score (nSPS) is 15.5. The van der Waals surface area contributed by atoms with Crippen LogP contribution in [0.25, 0.3) is 5.57 Å². The van der Waals surface area contributed by atoms with E-state index in [1.54, 1.807) is 6.08 Å². The van der Waals surface area contributed by atoms with Crippen LogP contribution in [0, 0.1) is 0 Å². The Morgan fingerprint density at radius 3 is 2.62 bits per heavy atom. The zero-order valence-corrected chi connectivity index (χ0v) is 15.3. The Morgan fingerprint density at radius 1 is 1.21 bits per heavy atom. The zero-order chi connectivity index (χ0) is 18.0. The van der Waals surface area contributed by atoms with Crippen LogP contribution in [0.5, 0.6) is 5.88 Å². The van der Waals surface area contributed by atoms with Crippen molar-refractivity contribution < 1.29 is 17.9 Å². The minimum absolute atomic E-state index is 0.0161. The van der Waals surface area contributed by atoms with Gasteiger partial charge in [-0.1, -0.05) is 46.1 Å². The molecule has 0 radical (unpaired) electrons. The Labute approximate surface area is 146 Å². The highest BCUT2D eigenvalue weighted by Crippen LogP contribution is 2.32. The first-order valence-corrected chi connectivity index (χ1v) is 9.22. The summed E-state index contributed by atoms with van der Waals surface area (Å²) in [6.45, 7) is 6.44. The number of ether oxygens (including phenoxy) is 1. The van der Waals surface area contributed by atoms with E-state index in [9.17, 15) is 13.2 Å². The second-order valence-electron chi connectivity index (χ2n) is 5.23. The largest absolute Gasteiger partial charge is 0.475 e. The lowest BCUT2D eigenvalue weighted by Crippen LogP contribution is -2.41. The minimum Gasteiger partial charge on any atom is -0.475 e. The summed E-state index contributed by atoms with van der Waals surface area (Å²) in [7, 11) is 0. The summed E-state index contributed by atoms with van der Waals surface area (Å²) in [6, 6.07) is 0. The molecule has 1 aliphatic rings. The van der Waals surface area contributed by atoms with Gasteiger partial charge in [0.2, 0.25) is 0 Å². The van der Waals surface area contributed by atoms with Gasteiger partial charge in [0.25, 0.3) is 5.88 Å². The first-order valence-electron chi connectivity index (χ1n) is 8.49. The van der Waals surface area contributed by atoms with E-state index in [4.69, 9.17) is 4.74 Å². The fourth-order valence-electron chi connectivity index (χ4n) is 2.30. The highest BCUT2D eigenvalue weighted by atomic mass is 32.1. The molecule has 4 nitrogen and oxygen atoms in total. The van der Waals surface area contributed by atoms with Crippen LogP contribution in [0.3, 0.4) is 0 Å². The third kappa shape index (κ3) is 6.39. The van der Waals surface area contributed by atoms with Crippen molar-refractivity contribution in [1.82, 2.24) is 13.6 Å². The van der Waals surface area contributed by atoms with Crippen molar-refractivity contribution in [3.63, 3.8) is 0 Å². The van der Waals surface area contributed by atoms with E-state index in [1.807, 2.05) is 13.8 Å². The molecule has 0 unspecified atom stereocenters. The van der Waals surface area contributed by atoms with Crippen molar-refractivity contribution in [3.8, 4) is 5.88 Å². The fraction of sp³-hybridized carbons (Fsp3) is 0.750. The number of unbranched alkanes of at least 4 members (excludes halogenated alkanes) is 3. The van der Waals surface area contributed by atoms with Gasteiger partial charge in [0, 0.05) is 13.1 Å². The summed E-state index contributed by atoms with van der Waals surface area (Å²) in [5.41, 5.74) is 0.996. The van der Waals surface area contributed by atoms with Crippen LogP contribution in [0.2, 0.25) is 0 Å². The molecule has 0 bridgehead atoms. The van der Waals surface area contributed by atoms with Gasteiger partial charge in [-0.15, -0.1) is 4.37 Å².